The van der Waals surface area contributed by atoms with Gasteiger partial charge in [-0.25, -0.2) is 0 Å². The molecule has 3 aromatic rings. The lowest BCUT2D eigenvalue weighted by molar-refractivity contribution is 0.359. The van der Waals surface area contributed by atoms with Crippen LogP contribution in [-0.4, -0.2) is 25.1 Å². The molecule has 0 aliphatic carbocycles. The third-order valence-electron chi connectivity index (χ3n) is 2.91. The lowest BCUT2D eigenvalue weighted by Gasteiger charge is -1.98. The molecule has 20 heavy (non-hydrogen) atoms. The van der Waals surface area contributed by atoms with Crippen LogP contribution in [0.1, 0.15) is 34.6 Å². The maximum atomic E-state index is 5.23. The summed E-state index contributed by atoms with van der Waals surface area (Å²) in [6, 6.07) is 3.87. The normalized spacial score (nSPS) is 11.2. The number of rotatable bonds is 4. The lowest BCUT2D eigenvalue weighted by atomic mass is 10.3. The molecule has 0 spiro atoms. The Kier molecular flexibility index (Phi) is 3.09. The van der Waals surface area contributed by atoms with Crippen molar-refractivity contribution in [1.82, 2.24) is 25.1 Å². The molecule has 0 radical (unpaired) electrons. The molecule has 3 heterocycles. The van der Waals surface area contributed by atoms with E-state index in [4.69, 9.17) is 9.05 Å². The second-order valence-corrected chi connectivity index (χ2v) is 4.79. The smallest absolute Gasteiger partial charge is 0.248 e. The standard InChI is InChI=1S/C13H15N5O2/c1-8-4-9(2)18(15-8)7-13-14-12(17-20-13)6-11-5-10(3)19-16-11/h4-5H,6-7H2,1-3H3. The van der Waals surface area contributed by atoms with Gasteiger partial charge < -0.3 is 9.05 Å². The van der Waals surface area contributed by atoms with Gasteiger partial charge in [0.25, 0.3) is 0 Å². The lowest BCUT2D eigenvalue weighted by Crippen LogP contribution is -2.04. The summed E-state index contributed by atoms with van der Waals surface area (Å²) in [6.07, 6.45) is 0.498. The Labute approximate surface area is 115 Å². The first-order chi connectivity index (χ1) is 9.60. The zero-order valence-electron chi connectivity index (χ0n) is 11.6. The van der Waals surface area contributed by atoms with Crippen molar-refractivity contribution in [1.29, 1.82) is 0 Å². The molecule has 3 rings (SSSR count). The zero-order valence-corrected chi connectivity index (χ0v) is 11.6. The number of aromatic nitrogens is 5. The summed E-state index contributed by atoms with van der Waals surface area (Å²) >= 11 is 0. The molecule has 0 amide bonds. The van der Waals surface area contributed by atoms with Gasteiger partial charge in [-0.05, 0) is 26.8 Å². The van der Waals surface area contributed by atoms with E-state index in [-0.39, 0.29) is 0 Å². The summed E-state index contributed by atoms with van der Waals surface area (Å²) in [5, 5.41) is 12.2. The largest absolute Gasteiger partial charge is 0.361 e. The molecule has 0 aliphatic rings. The minimum absolute atomic E-state index is 0.477. The molecule has 0 saturated carbocycles. The number of nitrogens with zero attached hydrogens (tertiary/aromatic N) is 5. The quantitative estimate of drug-likeness (QED) is 0.721. The van der Waals surface area contributed by atoms with Crippen molar-refractivity contribution in [3.8, 4) is 0 Å². The predicted molar refractivity (Wildman–Crippen MR) is 69.1 cm³/mol. The van der Waals surface area contributed by atoms with Crippen molar-refractivity contribution in [3.05, 3.63) is 46.7 Å². The Hall–Kier alpha value is -2.44. The summed E-state index contributed by atoms with van der Waals surface area (Å²) in [4.78, 5) is 4.34. The van der Waals surface area contributed by atoms with Gasteiger partial charge >= 0.3 is 0 Å². The van der Waals surface area contributed by atoms with Crippen LogP contribution in [0.15, 0.2) is 21.2 Å². The number of aryl methyl sites for hydroxylation is 3. The Morgan fingerprint density at radius 3 is 2.60 bits per heavy atom. The Balaban J connectivity index is 1.72. The van der Waals surface area contributed by atoms with Gasteiger partial charge in [0, 0.05) is 11.8 Å². The number of hydrogen-bond donors (Lipinski definition) is 0. The molecular formula is C13H15N5O2. The van der Waals surface area contributed by atoms with Crippen LogP contribution in [0.25, 0.3) is 0 Å². The van der Waals surface area contributed by atoms with E-state index in [1.54, 1.807) is 0 Å². The van der Waals surface area contributed by atoms with Crippen LogP contribution in [0.4, 0.5) is 0 Å². The Morgan fingerprint density at radius 1 is 1.10 bits per heavy atom. The molecule has 0 atom stereocenters. The first kappa shape index (κ1) is 12.6. The summed E-state index contributed by atoms with van der Waals surface area (Å²) in [7, 11) is 0. The summed E-state index contributed by atoms with van der Waals surface area (Å²) in [5.41, 5.74) is 2.83. The van der Waals surface area contributed by atoms with Crippen molar-refractivity contribution < 1.29 is 9.05 Å². The summed E-state index contributed by atoms with van der Waals surface area (Å²) in [6.45, 7) is 6.27. The van der Waals surface area contributed by atoms with Crippen molar-refractivity contribution in [2.45, 2.75) is 33.7 Å². The van der Waals surface area contributed by atoms with Gasteiger partial charge in [0.15, 0.2) is 5.82 Å². The fourth-order valence-electron chi connectivity index (χ4n) is 2.05. The van der Waals surface area contributed by atoms with Crippen LogP contribution in [0, 0.1) is 20.8 Å². The van der Waals surface area contributed by atoms with Gasteiger partial charge in [-0.2, -0.15) is 10.1 Å². The Bertz CT molecular complexity index is 725. The van der Waals surface area contributed by atoms with E-state index in [2.05, 4.69) is 20.4 Å². The van der Waals surface area contributed by atoms with Gasteiger partial charge in [-0.1, -0.05) is 10.3 Å². The minimum atomic E-state index is 0.477. The minimum Gasteiger partial charge on any atom is -0.361 e. The van der Waals surface area contributed by atoms with Crippen LogP contribution in [-0.2, 0) is 13.0 Å². The maximum Gasteiger partial charge on any atom is 0.248 e. The average Bonchev–Trinajstić information content (AvgIpc) is 3.05. The fourth-order valence-corrected chi connectivity index (χ4v) is 2.05. The summed E-state index contributed by atoms with van der Waals surface area (Å²) in [5.74, 6) is 1.90. The predicted octanol–water partition coefficient (Wildman–Crippen LogP) is 1.82. The van der Waals surface area contributed by atoms with Gasteiger partial charge in [0.2, 0.25) is 5.89 Å². The van der Waals surface area contributed by atoms with Crippen LogP contribution in [0.3, 0.4) is 0 Å². The van der Waals surface area contributed by atoms with E-state index in [1.807, 2.05) is 37.6 Å². The van der Waals surface area contributed by atoms with E-state index < -0.39 is 0 Å². The van der Waals surface area contributed by atoms with Crippen molar-refractivity contribution >= 4 is 0 Å². The van der Waals surface area contributed by atoms with E-state index in [9.17, 15) is 0 Å². The van der Waals surface area contributed by atoms with Crippen LogP contribution < -0.4 is 0 Å². The second kappa shape index (κ2) is 4.92. The van der Waals surface area contributed by atoms with Gasteiger partial charge in [-0.15, -0.1) is 0 Å². The van der Waals surface area contributed by atoms with Gasteiger partial charge in [0.05, 0.1) is 17.8 Å². The van der Waals surface area contributed by atoms with Crippen molar-refractivity contribution in [3.63, 3.8) is 0 Å². The highest BCUT2D eigenvalue weighted by atomic mass is 16.5. The molecule has 0 fully saturated rings. The second-order valence-electron chi connectivity index (χ2n) is 4.79. The topological polar surface area (TPSA) is 82.8 Å². The molecule has 0 N–H and O–H groups in total. The first-order valence-electron chi connectivity index (χ1n) is 6.35. The van der Waals surface area contributed by atoms with Crippen LogP contribution >= 0.6 is 0 Å². The molecule has 0 aromatic carbocycles. The molecule has 7 heteroatoms. The third-order valence-corrected chi connectivity index (χ3v) is 2.91. The van der Waals surface area contributed by atoms with Crippen LogP contribution in [0.5, 0.6) is 0 Å². The molecule has 0 aliphatic heterocycles. The molecule has 0 bridgehead atoms. The van der Waals surface area contributed by atoms with E-state index in [0.717, 1.165) is 22.8 Å². The SMILES string of the molecule is Cc1cc(C)n(Cc2nc(Cc3cc(C)on3)no2)n1. The average molecular weight is 273 g/mol. The third kappa shape index (κ3) is 2.61. The van der Waals surface area contributed by atoms with E-state index in [1.165, 1.54) is 0 Å². The highest BCUT2D eigenvalue weighted by Gasteiger charge is 2.11. The maximum absolute atomic E-state index is 5.23. The van der Waals surface area contributed by atoms with Gasteiger partial charge in [-0.3, -0.25) is 4.68 Å². The molecule has 0 unspecified atom stereocenters. The fraction of sp³-hybridized carbons (Fsp3) is 0.385. The number of hydrogen-bond acceptors (Lipinski definition) is 6. The Morgan fingerprint density at radius 2 is 1.95 bits per heavy atom. The van der Waals surface area contributed by atoms with Gasteiger partial charge in [0.1, 0.15) is 12.3 Å². The molecule has 104 valence electrons. The van der Waals surface area contributed by atoms with Crippen molar-refractivity contribution in [2.24, 2.45) is 0 Å². The molecule has 7 nitrogen and oxygen atoms in total. The van der Waals surface area contributed by atoms with E-state index >= 15 is 0 Å². The van der Waals surface area contributed by atoms with Crippen LogP contribution in [0.2, 0.25) is 0 Å². The highest BCUT2D eigenvalue weighted by molar-refractivity contribution is 5.10. The molecule has 3 aromatic heterocycles. The van der Waals surface area contributed by atoms with Crippen molar-refractivity contribution in [2.75, 3.05) is 0 Å². The molecule has 0 saturated heterocycles. The monoisotopic (exact) mass is 273 g/mol. The zero-order chi connectivity index (χ0) is 14.1. The summed E-state index contributed by atoms with van der Waals surface area (Å²) < 4.78 is 12.1. The van der Waals surface area contributed by atoms with E-state index in [0.29, 0.717) is 24.7 Å². The first-order valence-corrected chi connectivity index (χ1v) is 6.35. The highest BCUT2D eigenvalue weighted by Crippen LogP contribution is 2.09. The molecular weight excluding hydrogens is 258 g/mol.